The number of nitrogens with one attached hydrogen (secondary N) is 1. The summed E-state index contributed by atoms with van der Waals surface area (Å²) >= 11 is 0. The number of pyridine rings is 2. The smallest absolute Gasteiger partial charge is 0.228 e. The third-order valence-corrected chi connectivity index (χ3v) is 3.16. The van der Waals surface area contributed by atoms with Gasteiger partial charge in [-0.15, -0.1) is 0 Å². The highest BCUT2D eigenvalue weighted by molar-refractivity contribution is 5.94. The maximum absolute atomic E-state index is 12.3. The number of rotatable bonds is 3. The molecular weight excluding hydrogens is 313 g/mol. The van der Waals surface area contributed by atoms with E-state index in [1.807, 2.05) is 6.07 Å². The normalized spacial score (nSPS) is 12.8. The summed E-state index contributed by atoms with van der Waals surface area (Å²) in [7, 11) is 0. The van der Waals surface area contributed by atoms with Crippen LogP contribution in [0.15, 0.2) is 36.8 Å². The molecule has 8 heteroatoms. The number of amides is 2. The first-order valence-corrected chi connectivity index (χ1v) is 7.11. The van der Waals surface area contributed by atoms with Gasteiger partial charge in [0.05, 0.1) is 29.7 Å². The van der Waals surface area contributed by atoms with Crippen molar-refractivity contribution in [1.29, 1.82) is 5.26 Å². The quantitative estimate of drug-likeness (QED) is 0.868. The second kappa shape index (κ2) is 8.33. The largest absolute Gasteiger partial charge is 0.327 e. The maximum atomic E-state index is 12.3. The molecule has 0 aromatic carbocycles. The molecule has 1 aliphatic heterocycles. The van der Waals surface area contributed by atoms with Gasteiger partial charge in [0.2, 0.25) is 12.3 Å². The molecule has 0 aliphatic carbocycles. The molecule has 0 spiro atoms. The molecule has 2 aromatic rings. The SMILES string of the molecule is N#Cc1ccnc(N2CCCC2=O)c1.O=CNc1cncc(F)c1. The van der Waals surface area contributed by atoms with E-state index < -0.39 is 5.82 Å². The van der Waals surface area contributed by atoms with Gasteiger partial charge in [0.25, 0.3) is 0 Å². The highest BCUT2D eigenvalue weighted by Crippen LogP contribution is 2.19. The Morgan fingerprint density at radius 2 is 2.21 bits per heavy atom. The molecule has 0 saturated carbocycles. The van der Waals surface area contributed by atoms with Crippen LogP contribution in [0.1, 0.15) is 18.4 Å². The van der Waals surface area contributed by atoms with Crippen LogP contribution in [0.3, 0.4) is 0 Å². The number of carbonyl (C=O) groups is 2. The highest BCUT2D eigenvalue weighted by atomic mass is 19.1. The van der Waals surface area contributed by atoms with Crippen molar-refractivity contribution in [3.8, 4) is 6.07 Å². The first kappa shape index (κ1) is 17.0. The lowest BCUT2D eigenvalue weighted by atomic mass is 10.3. The highest BCUT2D eigenvalue weighted by Gasteiger charge is 2.22. The van der Waals surface area contributed by atoms with Crippen molar-refractivity contribution in [2.45, 2.75) is 12.8 Å². The van der Waals surface area contributed by atoms with Crippen LogP contribution in [0.2, 0.25) is 0 Å². The third-order valence-electron chi connectivity index (χ3n) is 3.16. The molecule has 0 radical (unpaired) electrons. The summed E-state index contributed by atoms with van der Waals surface area (Å²) in [5, 5.41) is 11.0. The van der Waals surface area contributed by atoms with Gasteiger partial charge in [-0.25, -0.2) is 9.37 Å². The van der Waals surface area contributed by atoms with E-state index in [1.165, 1.54) is 12.3 Å². The molecule has 2 amide bonds. The number of carbonyl (C=O) groups excluding carboxylic acids is 2. The topological polar surface area (TPSA) is 99.0 Å². The van der Waals surface area contributed by atoms with Crippen molar-refractivity contribution < 1.29 is 14.0 Å². The average Bonchev–Trinajstić information content (AvgIpc) is 3.02. The van der Waals surface area contributed by atoms with Crippen LogP contribution < -0.4 is 10.2 Å². The Bertz CT molecular complexity index is 775. The Labute approximate surface area is 137 Å². The molecule has 7 nitrogen and oxygen atoms in total. The number of nitrogens with zero attached hydrogens (tertiary/aromatic N) is 4. The summed E-state index contributed by atoms with van der Waals surface area (Å²) < 4.78 is 12.3. The van der Waals surface area contributed by atoms with Crippen molar-refractivity contribution in [3.05, 3.63) is 48.2 Å². The van der Waals surface area contributed by atoms with Gasteiger partial charge in [-0.05, 0) is 18.6 Å². The summed E-state index contributed by atoms with van der Waals surface area (Å²) in [5.41, 5.74) is 0.893. The van der Waals surface area contributed by atoms with Crippen molar-refractivity contribution in [1.82, 2.24) is 9.97 Å². The fourth-order valence-electron chi connectivity index (χ4n) is 2.08. The first-order chi connectivity index (χ1) is 11.6. The van der Waals surface area contributed by atoms with Gasteiger partial charge < -0.3 is 5.32 Å². The van der Waals surface area contributed by atoms with Crippen LogP contribution in [-0.2, 0) is 9.59 Å². The van der Waals surface area contributed by atoms with E-state index in [-0.39, 0.29) is 5.91 Å². The van der Waals surface area contributed by atoms with Crippen LogP contribution in [-0.4, -0.2) is 28.8 Å². The molecule has 1 aliphatic rings. The predicted octanol–water partition coefficient (Wildman–Crippen LogP) is 1.87. The minimum Gasteiger partial charge on any atom is -0.327 e. The Kier molecular flexibility index (Phi) is 5.91. The van der Waals surface area contributed by atoms with E-state index in [4.69, 9.17) is 5.26 Å². The van der Waals surface area contributed by atoms with Crippen molar-refractivity contribution in [2.75, 3.05) is 16.8 Å². The van der Waals surface area contributed by atoms with Crippen LogP contribution in [0, 0.1) is 17.1 Å². The van der Waals surface area contributed by atoms with Crippen molar-refractivity contribution in [3.63, 3.8) is 0 Å². The summed E-state index contributed by atoms with van der Waals surface area (Å²) in [5.74, 6) is 0.214. The fourth-order valence-corrected chi connectivity index (χ4v) is 2.08. The lowest BCUT2D eigenvalue weighted by Gasteiger charge is -2.13. The third kappa shape index (κ3) is 4.58. The molecule has 122 valence electrons. The molecule has 0 bridgehead atoms. The molecule has 3 rings (SSSR count). The van der Waals surface area contributed by atoms with E-state index in [9.17, 15) is 14.0 Å². The number of hydrogen-bond donors (Lipinski definition) is 1. The van der Waals surface area contributed by atoms with E-state index >= 15 is 0 Å². The van der Waals surface area contributed by atoms with Crippen LogP contribution >= 0.6 is 0 Å². The van der Waals surface area contributed by atoms with Crippen LogP contribution in [0.4, 0.5) is 15.9 Å². The average molecular weight is 327 g/mol. The van der Waals surface area contributed by atoms with Crippen molar-refractivity contribution in [2.24, 2.45) is 0 Å². The minimum atomic E-state index is -0.466. The molecule has 0 atom stereocenters. The van der Waals surface area contributed by atoms with Gasteiger partial charge in [0, 0.05) is 25.2 Å². The van der Waals surface area contributed by atoms with E-state index in [2.05, 4.69) is 15.3 Å². The first-order valence-electron chi connectivity index (χ1n) is 7.11. The number of nitriles is 1. The summed E-state index contributed by atoms with van der Waals surface area (Å²) in [4.78, 5) is 30.4. The Morgan fingerprint density at radius 1 is 1.38 bits per heavy atom. The van der Waals surface area contributed by atoms with E-state index in [0.717, 1.165) is 12.6 Å². The molecule has 1 N–H and O–H groups in total. The van der Waals surface area contributed by atoms with Gasteiger partial charge in [-0.1, -0.05) is 0 Å². The van der Waals surface area contributed by atoms with Crippen LogP contribution in [0.25, 0.3) is 0 Å². The van der Waals surface area contributed by atoms with Gasteiger partial charge in [-0.2, -0.15) is 5.26 Å². The number of aromatic nitrogens is 2. The van der Waals surface area contributed by atoms with E-state index in [1.54, 1.807) is 23.2 Å². The van der Waals surface area contributed by atoms with E-state index in [0.29, 0.717) is 36.4 Å². The molecule has 3 heterocycles. The zero-order valence-electron chi connectivity index (χ0n) is 12.6. The molecule has 24 heavy (non-hydrogen) atoms. The fraction of sp³-hybridized carbons (Fsp3) is 0.188. The standard InChI is InChI=1S/C10H9N3O.C6H5FN2O/c11-7-8-3-4-12-9(6-8)13-5-1-2-10(13)14;7-5-1-6(9-4-10)3-8-2-5/h3-4,6H,1-2,5H2;1-4H,(H,9,10). The molecule has 1 saturated heterocycles. The minimum absolute atomic E-state index is 0.0904. The number of hydrogen-bond acceptors (Lipinski definition) is 5. The Balaban J connectivity index is 0.000000185. The Hall–Kier alpha value is -3.34. The summed E-state index contributed by atoms with van der Waals surface area (Å²) in [6.45, 7) is 0.709. The van der Waals surface area contributed by atoms with Gasteiger partial charge in [-0.3, -0.25) is 19.5 Å². The molecule has 1 fully saturated rings. The Morgan fingerprint density at radius 3 is 2.83 bits per heavy atom. The second-order valence-corrected chi connectivity index (χ2v) is 4.82. The van der Waals surface area contributed by atoms with Crippen LogP contribution in [0.5, 0.6) is 0 Å². The zero-order valence-corrected chi connectivity index (χ0v) is 12.6. The summed E-state index contributed by atoms with van der Waals surface area (Å²) in [6.07, 6.45) is 5.90. The second-order valence-electron chi connectivity index (χ2n) is 4.82. The summed E-state index contributed by atoms with van der Waals surface area (Å²) in [6, 6.07) is 6.48. The molecular formula is C16H14FN5O2. The van der Waals surface area contributed by atoms with Gasteiger partial charge >= 0.3 is 0 Å². The predicted molar refractivity (Wildman–Crippen MR) is 84.4 cm³/mol. The lowest BCUT2D eigenvalue weighted by Crippen LogP contribution is -2.24. The monoisotopic (exact) mass is 327 g/mol. The van der Waals surface area contributed by atoms with Gasteiger partial charge in [0.15, 0.2) is 0 Å². The lowest BCUT2D eigenvalue weighted by molar-refractivity contribution is -0.117. The number of halogens is 1. The van der Waals surface area contributed by atoms with Gasteiger partial charge in [0.1, 0.15) is 11.6 Å². The number of anilines is 2. The maximum Gasteiger partial charge on any atom is 0.228 e. The molecule has 2 aromatic heterocycles. The molecule has 0 unspecified atom stereocenters. The zero-order chi connectivity index (χ0) is 17.4. The van der Waals surface area contributed by atoms with Crippen molar-refractivity contribution >= 4 is 23.8 Å².